The molecule has 0 spiro atoms. The van der Waals surface area contributed by atoms with E-state index in [1.807, 2.05) is 42.3 Å². The summed E-state index contributed by atoms with van der Waals surface area (Å²) in [7, 11) is 6.55. The van der Waals surface area contributed by atoms with Crippen LogP contribution in [0.4, 0.5) is 0 Å². The number of hydrogen-bond donors (Lipinski definition) is 3. The van der Waals surface area contributed by atoms with Gasteiger partial charge in [0.15, 0.2) is 17.1 Å². The van der Waals surface area contributed by atoms with Gasteiger partial charge < -0.3 is 39.6 Å². The number of carbonyl (C=O) groups excluding carboxylic acids is 2. The zero-order valence-corrected chi connectivity index (χ0v) is 27.7. The van der Waals surface area contributed by atoms with Crippen LogP contribution in [0.2, 0.25) is 0 Å². The molecule has 2 aromatic carbocycles. The molecule has 11 nitrogen and oxygen atoms in total. The van der Waals surface area contributed by atoms with Gasteiger partial charge >= 0.3 is 5.97 Å². The summed E-state index contributed by atoms with van der Waals surface area (Å²) in [4.78, 5) is 31.8. The smallest absolute Gasteiger partial charge is 0.343 e. The van der Waals surface area contributed by atoms with Gasteiger partial charge in [0.2, 0.25) is 5.75 Å². The molecule has 5 rings (SSSR count). The number of amides is 1. The highest BCUT2D eigenvalue weighted by Crippen LogP contribution is 2.40. The number of carbonyl (C=O) groups is 2. The monoisotopic (exact) mass is 638 g/mol. The van der Waals surface area contributed by atoms with Crippen molar-refractivity contribution in [1.29, 1.82) is 0 Å². The van der Waals surface area contributed by atoms with Crippen LogP contribution < -0.4 is 24.8 Å². The van der Waals surface area contributed by atoms with Crippen molar-refractivity contribution in [3.8, 4) is 17.2 Å². The van der Waals surface area contributed by atoms with Gasteiger partial charge in [0.1, 0.15) is 12.4 Å². The number of esters is 1. The zero-order chi connectivity index (χ0) is 32.9. The molecule has 0 bridgehead atoms. The van der Waals surface area contributed by atoms with E-state index in [0.717, 1.165) is 83.4 Å². The molecule has 46 heavy (non-hydrogen) atoms. The van der Waals surface area contributed by atoms with Gasteiger partial charge in [-0.3, -0.25) is 9.79 Å². The van der Waals surface area contributed by atoms with Crippen LogP contribution in [-0.4, -0.2) is 94.9 Å². The molecule has 2 atom stereocenters. The highest BCUT2D eigenvalue weighted by molar-refractivity contribution is 5.96. The molecule has 2 aromatic rings. The number of hydrogen-bond acceptors (Lipinski definition) is 10. The number of benzene rings is 2. The van der Waals surface area contributed by atoms with Crippen LogP contribution in [0.3, 0.4) is 0 Å². The van der Waals surface area contributed by atoms with Crippen molar-refractivity contribution in [1.82, 2.24) is 15.5 Å². The Labute approximate surface area is 272 Å². The van der Waals surface area contributed by atoms with Gasteiger partial charge in [-0.2, -0.15) is 0 Å². The van der Waals surface area contributed by atoms with Gasteiger partial charge in [-0.05, 0) is 56.3 Å². The Bertz CT molecular complexity index is 1280. The lowest BCUT2D eigenvalue weighted by Gasteiger charge is -2.37. The second-order valence-electron chi connectivity index (χ2n) is 12.0. The largest absolute Gasteiger partial charge is 0.493 e. The lowest BCUT2D eigenvalue weighted by molar-refractivity contribution is -0.174. The van der Waals surface area contributed by atoms with Crippen LogP contribution in [0.25, 0.3) is 0 Å². The lowest BCUT2D eigenvalue weighted by atomic mass is 9.73. The van der Waals surface area contributed by atoms with Gasteiger partial charge in [0, 0.05) is 44.2 Å². The van der Waals surface area contributed by atoms with Crippen molar-refractivity contribution in [3.63, 3.8) is 0 Å². The number of ether oxygens (including phenoxy) is 4. The first-order chi connectivity index (χ1) is 22.3. The van der Waals surface area contributed by atoms with Gasteiger partial charge in [0.25, 0.3) is 5.91 Å². The van der Waals surface area contributed by atoms with Crippen molar-refractivity contribution < 1.29 is 33.6 Å². The van der Waals surface area contributed by atoms with E-state index in [1.54, 1.807) is 12.1 Å². The Morgan fingerprint density at radius 1 is 0.978 bits per heavy atom. The number of likely N-dealkylation sites (N-methyl/N-ethyl adjacent to an activating group) is 1. The van der Waals surface area contributed by atoms with Crippen molar-refractivity contribution in [3.05, 3.63) is 53.6 Å². The van der Waals surface area contributed by atoms with Crippen molar-refractivity contribution >= 4 is 17.7 Å². The van der Waals surface area contributed by atoms with Crippen molar-refractivity contribution in [2.24, 2.45) is 10.9 Å². The van der Waals surface area contributed by atoms with E-state index in [2.05, 4.69) is 15.6 Å². The second-order valence-corrected chi connectivity index (χ2v) is 12.0. The SMILES string of the molecule is CN1CCCN=C1COC(=O)C(O)(c1ccccc1)C1CCCCC1.COc1cc(C(=O)NC2CCCNC2)cc(OC)c1OC. The van der Waals surface area contributed by atoms with E-state index in [9.17, 15) is 14.7 Å². The quantitative estimate of drug-likeness (QED) is 0.332. The third-order valence-electron chi connectivity index (χ3n) is 9.00. The predicted molar refractivity (Wildman–Crippen MR) is 177 cm³/mol. The van der Waals surface area contributed by atoms with E-state index < -0.39 is 11.6 Å². The molecule has 1 aliphatic carbocycles. The molecule has 0 aromatic heterocycles. The molecule has 1 amide bonds. The van der Waals surface area contributed by atoms with Gasteiger partial charge in [-0.1, -0.05) is 49.6 Å². The zero-order valence-electron chi connectivity index (χ0n) is 27.7. The van der Waals surface area contributed by atoms with E-state index in [0.29, 0.717) is 28.4 Å². The summed E-state index contributed by atoms with van der Waals surface area (Å²) in [6, 6.07) is 12.7. The maximum atomic E-state index is 13.0. The maximum absolute atomic E-state index is 13.0. The Balaban J connectivity index is 0.000000212. The molecule has 2 heterocycles. The average Bonchev–Trinajstić information content (AvgIpc) is 3.11. The summed E-state index contributed by atoms with van der Waals surface area (Å²) in [5.41, 5.74) is -0.448. The third kappa shape index (κ3) is 8.70. The predicted octanol–water partition coefficient (Wildman–Crippen LogP) is 3.93. The summed E-state index contributed by atoms with van der Waals surface area (Å²) < 4.78 is 21.3. The van der Waals surface area contributed by atoms with E-state index in [1.165, 1.54) is 21.3 Å². The Morgan fingerprint density at radius 3 is 2.26 bits per heavy atom. The number of piperidine rings is 1. The molecule has 2 fully saturated rings. The minimum atomic E-state index is -1.57. The molecule has 2 unspecified atom stereocenters. The second kappa shape index (κ2) is 17.2. The molecule has 0 radical (unpaired) electrons. The minimum absolute atomic E-state index is 0.0952. The van der Waals surface area contributed by atoms with Gasteiger partial charge in [-0.15, -0.1) is 0 Å². The van der Waals surface area contributed by atoms with Crippen molar-refractivity contribution in [2.45, 2.75) is 63.0 Å². The molecule has 3 aliphatic rings. The standard InChI is InChI=1S/C20H28N2O3.C15H22N2O4/c1-22-14-8-13-21-18(22)15-25-19(23)20(24,16-9-4-2-5-10-16)17-11-6-3-7-12-17;1-19-12-7-10(8-13(20-2)14(12)21-3)15(18)17-11-5-4-6-16-9-11/h2,4-5,9-10,17,24H,3,6-8,11-15H2,1H3;7-8,11,16H,4-6,9H2,1-3H3,(H,17,18). The number of aliphatic hydroxyl groups is 1. The maximum Gasteiger partial charge on any atom is 0.343 e. The normalized spacial score (nSPS) is 19.8. The Morgan fingerprint density at radius 2 is 1.67 bits per heavy atom. The van der Waals surface area contributed by atoms with Crippen LogP contribution in [0, 0.1) is 5.92 Å². The number of nitrogens with zero attached hydrogens (tertiary/aromatic N) is 2. The number of methoxy groups -OCH3 is 3. The van der Waals surface area contributed by atoms with Gasteiger partial charge in [0.05, 0.1) is 21.3 Å². The van der Waals surface area contributed by atoms with Crippen LogP contribution in [0.5, 0.6) is 17.2 Å². The van der Waals surface area contributed by atoms with E-state index >= 15 is 0 Å². The molecule has 3 N–H and O–H groups in total. The number of nitrogens with one attached hydrogen (secondary N) is 2. The van der Waals surface area contributed by atoms with Crippen LogP contribution in [-0.2, 0) is 15.1 Å². The first-order valence-electron chi connectivity index (χ1n) is 16.3. The van der Waals surface area contributed by atoms with Crippen LogP contribution in [0.15, 0.2) is 47.5 Å². The van der Waals surface area contributed by atoms with Crippen molar-refractivity contribution in [2.75, 3.05) is 61.2 Å². The van der Waals surface area contributed by atoms with Gasteiger partial charge in [-0.25, -0.2) is 4.79 Å². The fraction of sp³-hybridized carbons (Fsp3) is 0.571. The number of aliphatic imine (C=N–C) groups is 1. The Hall–Kier alpha value is -3.83. The van der Waals surface area contributed by atoms with Crippen LogP contribution in [0.1, 0.15) is 67.3 Å². The highest BCUT2D eigenvalue weighted by Gasteiger charge is 2.47. The summed E-state index contributed by atoms with van der Waals surface area (Å²) in [5.74, 6) is 1.43. The molecular weight excluding hydrogens is 588 g/mol. The third-order valence-corrected chi connectivity index (χ3v) is 9.00. The van der Waals surface area contributed by atoms with E-state index in [4.69, 9.17) is 18.9 Å². The average molecular weight is 639 g/mol. The Kier molecular flexibility index (Phi) is 13.1. The minimum Gasteiger partial charge on any atom is -0.493 e. The summed E-state index contributed by atoms with van der Waals surface area (Å²) in [6.45, 7) is 3.62. The molecule has 252 valence electrons. The highest BCUT2D eigenvalue weighted by atomic mass is 16.6. The van der Waals surface area contributed by atoms with E-state index in [-0.39, 0.29) is 24.5 Å². The first kappa shape index (κ1) is 35.0. The molecule has 1 saturated heterocycles. The lowest BCUT2D eigenvalue weighted by Crippen LogP contribution is -2.46. The molecule has 2 aliphatic heterocycles. The summed E-state index contributed by atoms with van der Waals surface area (Å²) >= 11 is 0. The fourth-order valence-electron chi connectivity index (χ4n) is 6.35. The number of amidine groups is 1. The summed E-state index contributed by atoms with van der Waals surface area (Å²) in [5, 5.41) is 17.7. The summed E-state index contributed by atoms with van der Waals surface area (Å²) in [6.07, 6.45) is 8.03. The molecule has 11 heteroatoms. The molecular formula is C35H50N4O7. The topological polar surface area (TPSA) is 131 Å². The van der Waals surface area contributed by atoms with Crippen LogP contribution >= 0.6 is 0 Å². The molecule has 1 saturated carbocycles. The first-order valence-corrected chi connectivity index (χ1v) is 16.3. The number of rotatable bonds is 10. The fourth-order valence-corrected chi connectivity index (χ4v) is 6.35.